The van der Waals surface area contributed by atoms with Crippen LogP contribution in [-0.2, 0) is 9.53 Å². The summed E-state index contributed by atoms with van der Waals surface area (Å²) in [6.45, 7) is 7.53. The number of ketones is 1. The van der Waals surface area contributed by atoms with E-state index in [2.05, 4.69) is 20.8 Å². The highest BCUT2D eigenvalue weighted by atomic mass is 16.5. The molecule has 2 rings (SSSR count). The van der Waals surface area contributed by atoms with Crippen LogP contribution in [0, 0.1) is 23.7 Å². The number of carbonyl (C=O) groups is 1. The smallest absolute Gasteiger partial charge is 0.141 e. The van der Waals surface area contributed by atoms with E-state index < -0.39 is 0 Å². The summed E-state index contributed by atoms with van der Waals surface area (Å²) in [6, 6.07) is 0. The fourth-order valence-corrected chi connectivity index (χ4v) is 3.48. The van der Waals surface area contributed by atoms with Crippen LogP contribution in [0.3, 0.4) is 0 Å². The normalized spacial score (nSPS) is 42.6. The first kappa shape index (κ1) is 13.1. The minimum absolute atomic E-state index is 0.200. The first-order valence-electron chi connectivity index (χ1n) is 7.28. The van der Waals surface area contributed by atoms with Gasteiger partial charge in [0.15, 0.2) is 0 Å². The van der Waals surface area contributed by atoms with Crippen LogP contribution in [0.1, 0.15) is 52.9 Å². The van der Waals surface area contributed by atoms with Gasteiger partial charge in [0.1, 0.15) is 5.78 Å². The molecule has 2 heteroatoms. The zero-order valence-electron chi connectivity index (χ0n) is 11.4. The van der Waals surface area contributed by atoms with Crippen LogP contribution >= 0.6 is 0 Å². The summed E-state index contributed by atoms with van der Waals surface area (Å²) in [5, 5.41) is 0. The van der Waals surface area contributed by atoms with Gasteiger partial charge in [0.25, 0.3) is 0 Å². The van der Waals surface area contributed by atoms with Gasteiger partial charge in [-0.3, -0.25) is 4.79 Å². The van der Waals surface area contributed by atoms with Gasteiger partial charge in [0, 0.05) is 18.4 Å². The molecule has 1 aliphatic heterocycles. The highest BCUT2D eigenvalue weighted by molar-refractivity contribution is 5.84. The Bertz CT molecular complexity index is 274. The molecule has 0 spiro atoms. The van der Waals surface area contributed by atoms with Gasteiger partial charge in [-0.1, -0.05) is 20.8 Å². The van der Waals surface area contributed by atoms with E-state index in [0.29, 0.717) is 17.6 Å². The van der Waals surface area contributed by atoms with Crippen molar-refractivity contribution in [1.82, 2.24) is 0 Å². The Labute approximate surface area is 105 Å². The minimum Gasteiger partial charge on any atom is -0.377 e. The molecule has 0 amide bonds. The number of rotatable bonds is 3. The van der Waals surface area contributed by atoms with Gasteiger partial charge < -0.3 is 4.74 Å². The average molecular weight is 238 g/mol. The molecule has 0 N–H and O–H groups in total. The lowest BCUT2D eigenvalue weighted by atomic mass is 9.71. The van der Waals surface area contributed by atoms with E-state index in [0.717, 1.165) is 38.2 Å². The first-order chi connectivity index (χ1) is 8.13. The zero-order valence-corrected chi connectivity index (χ0v) is 11.4. The topological polar surface area (TPSA) is 26.3 Å². The van der Waals surface area contributed by atoms with Crippen LogP contribution in [0.5, 0.6) is 0 Å². The van der Waals surface area contributed by atoms with E-state index in [1.165, 1.54) is 6.42 Å². The summed E-state index contributed by atoms with van der Waals surface area (Å²) >= 11 is 0. The van der Waals surface area contributed by atoms with E-state index in [4.69, 9.17) is 4.74 Å². The maximum absolute atomic E-state index is 12.5. The summed E-state index contributed by atoms with van der Waals surface area (Å²) in [6.07, 6.45) is 5.58. The van der Waals surface area contributed by atoms with E-state index in [1.807, 2.05) is 0 Å². The van der Waals surface area contributed by atoms with Crippen LogP contribution in [0.4, 0.5) is 0 Å². The molecule has 5 atom stereocenters. The molecule has 0 bridgehead atoms. The van der Waals surface area contributed by atoms with Gasteiger partial charge in [-0.05, 0) is 43.9 Å². The summed E-state index contributed by atoms with van der Waals surface area (Å²) in [5.41, 5.74) is 0. The van der Waals surface area contributed by atoms with Gasteiger partial charge >= 0.3 is 0 Å². The standard InChI is InChI=1S/C15H26O2/c1-4-14-13(7-8-17-14)15(16)12-6-5-10(2)11(3)9-12/h10-14H,4-9H2,1-3H3. The van der Waals surface area contributed by atoms with Gasteiger partial charge in [-0.25, -0.2) is 0 Å². The van der Waals surface area contributed by atoms with Gasteiger partial charge in [-0.15, -0.1) is 0 Å². The molecule has 98 valence electrons. The largest absolute Gasteiger partial charge is 0.377 e. The molecule has 2 nitrogen and oxygen atoms in total. The highest BCUT2D eigenvalue weighted by Crippen LogP contribution is 2.37. The Balaban J connectivity index is 1.95. The Morgan fingerprint density at radius 3 is 2.59 bits per heavy atom. The van der Waals surface area contributed by atoms with Crippen molar-refractivity contribution in [3.05, 3.63) is 0 Å². The monoisotopic (exact) mass is 238 g/mol. The number of carbonyl (C=O) groups excluding carboxylic acids is 1. The SMILES string of the molecule is CCC1OCCC1C(=O)C1CCC(C)C(C)C1. The van der Waals surface area contributed by atoms with Crippen LogP contribution < -0.4 is 0 Å². The average Bonchev–Trinajstić information content (AvgIpc) is 2.80. The summed E-state index contributed by atoms with van der Waals surface area (Å²) in [7, 11) is 0. The third-order valence-electron chi connectivity index (χ3n) is 4.98. The van der Waals surface area contributed by atoms with E-state index >= 15 is 0 Å². The van der Waals surface area contributed by atoms with Gasteiger partial charge in [0.2, 0.25) is 0 Å². The number of hydrogen-bond acceptors (Lipinski definition) is 2. The lowest BCUT2D eigenvalue weighted by molar-refractivity contribution is -0.130. The molecule has 1 saturated carbocycles. The Hall–Kier alpha value is -0.370. The highest BCUT2D eigenvalue weighted by Gasteiger charge is 2.38. The second kappa shape index (κ2) is 5.51. The fraction of sp³-hybridized carbons (Fsp3) is 0.933. The molecule has 2 fully saturated rings. The molecule has 5 unspecified atom stereocenters. The van der Waals surface area contributed by atoms with E-state index in [-0.39, 0.29) is 12.0 Å². The van der Waals surface area contributed by atoms with Crippen molar-refractivity contribution in [3.63, 3.8) is 0 Å². The van der Waals surface area contributed by atoms with Crippen molar-refractivity contribution in [1.29, 1.82) is 0 Å². The molecular formula is C15H26O2. The van der Waals surface area contributed by atoms with E-state index in [1.54, 1.807) is 0 Å². The van der Waals surface area contributed by atoms with Crippen molar-refractivity contribution in [3.8, 4) is 0 Å². The third-order valence-corrected chi connectivity index (χ3v) is 4.98. The Kier molecular flexibility index (Phi) is 4.24. The second-order valence-corrected chi connectivity index (χ2v) is 6.08. The lowest BCUT2D eigenvalue weighted by Crippen LogP contribution is -2.33. The first-order valence-corrected chi connectivity index (χ1v) is 7.28. The molecule has 0 aromatic rings. The van der Waals surface area contributed by atoms with Crippen molar-refractivity contribution >= 4 is 5.78 Å². The Morgan fingerprint density at radius 1 is 1.18 bits per heavy atom. The predicted molar refractivity (Wildman–Crippen MR) is 68.8 cm³/mol. The molecule has 17 heavy (non-hydrogen) atoms. The predicted octanol–water partition coefficient (Wildman–Crippen LogP) is 3.44. The number of ether oxygens (including phenoxy) is 1. The minimum atomic E-state index is 0.200. The number of hydrogen-bond donors (Lipinski definition) is 0. The van der Waals surface area contributed by atoms with Crippen LogP contribution in [0.2, 0.25) is 0 Å². The van der Waals surface area contributed by atoms with Crippen LogP contribution in [0.25, 0.3) is 0 Å². The van der Waals surface area contributed by atoms with Crippen molar-refractivity contribution in [2.45, 2.75) is 59.0 Å². The quantitative estimate of drug-likeness (QED) is 0.753. The number of Topliss-reactive ketones (excluding diaryl/α,β-unsaturated/α-hetero) is 1. The molecule has 0 aromatic carbocycles. The fourth-order valence-electron chi connectivity index (χ4n) is 3.48. The second-order valence-electron chi connectivity index (χ2n) is 6.08. The Morgan fingerprint density at radius 2 is 1.94 bits per heavy atom. The molecule has 1 aliphatic carbocycles. The van der Waals surface area contributed by atoms with Crippen molar-refractivity contribution in [2.24, 2.45) is 23.7 Å². The van der Waals surface area contributed by atoms with Crippen LogP contribution in [0.15, 0.2) is 0 Å². The summed E-state index contributed by atoms with van der Waals surface area (Å²) < 4.78 is 5.65. The van der Waals surface area contributed by atoms with Gasteiger partial charge in [-0.2, -0.15) is 0 Å². The molecule has 1 saturated heterocycles. The molecule has 0 aromatic heterocycles. The summed E-state index contributed by atoms with van der Waals surface area (Å²) in [5.74, 6) is 2.53. The van der Waals surface area contributed by atoms with Crippen LogP contribution in [-0.4, -0.2) is 18.5 Å². The maximum Gasteiger partial charge on any atom is 0.141 e. The third kappa shape index (κ3) is 2.73. The lowest BCUT2D eigenvalue weighted by Gasteiger charge is -2.33. The van der Waals surface area contributed by atoms with Crippen molar-refractivity contribution in [2.75, 3.05) is 6.61 Å². The molecule has 2 aliphatic rings. The zero-order chi connectivity index (χ0) is 12.4. The maximum atomic E-state index is 12.5. The molecule has 1 heterocycles. The molecular weight excluding hydrogens is 212 g/mol. The van der Waals surface area contributed by atoms with E-state index in [9.17, 15) is 4.79 Å². The molecule has 0 radical (unpaired) electrons. The summed E-state index contributed by atoms with van der Waals surface area (Å²) in [4.78, 5) is 12.5. The van der Waals surface area contributed by atoms with Gasteiger partial charge in [0.05, 0.1) is 6.10 Å². The van der Waals surface area contributed by atoms with Crippen molar-refractivity contribution < 1.29 is 9.53 Å².